The number of nitrogens with two attached hydrogens (primary N) is 1. The summed E-state index contributed by atoms with van der Waals surface area (Å²) in [6.07, 6.45) is 13.7. The van der Waals surface area contributed by atoms with Crippen LogP contribution in [-0.2, 0) is 6.42 Å². The third-order valence-corrected chi connectivity index (χ3v) is 7.19. The van der Waals surface area contributed by atoms with Gasteiger partial charge in [0, 0.05) is 18.8 Å². The molecule has 1 aliphatic heterocycles. The number of halogens is 2. The highest BCUT2D eigenvalue weighted by atomic mass is 19.1. The second-order valence-electron chi connectivity index (χ2n) is 11.4. The predicted octanol–water partition coefficient (Wildman–Crippen LogP) is 8.64. The summed E-state index contributed by atoms with van der Waals surface area (Å²) in [6.45, 7) is 8.29. The molecule has 188 valence electrons. The number of hydrogen-bond donors (Lipinski definition) is 1. The fourth-order valence-corrected chi connectivity index (χ4v) is 5.15. The molecule has 0 bridgehead atoms. The Morgan fingerprint density at radius 1 is 0.824 bits per heavy atom. The van der Waals surface area contributed by atoms with Crippen LogP contribution in [0.15, 0.2) is 36.4 Å². The molecule has 4 heteroatoms. The van der Waals surface area contributed by atoms with Crippen molar-refractivity contribution in [2.24, 2.45) is 5.41 Å². The van der Waals surface area contributed by atoms with E-state index in [1.807, 2.05) is 4.90 Å². The van der Waals surface area contributed by atoms with Crippen molar-refractivity contribution < 1.29 is 8.78 Å². The van der Waals surface area contributed by atoms with E-state index in [2.05, 4.69) is 45.0 Å². The standard InChI is InChI=1S/C30H44F2N2/c1-30(2,3)18-10-8-6-4-5-7-9-11-23-12-14-24(15-13-23)25-16-19-34(20-17-25)29-27(31)21-26(33)22-28(29)32/h12-15,21-22,25H,4-11,16-20,33H2,1-3H3. The molecule has 0 aliphatic carbocycles. The number of benzene rings is 2. The Morgan fingerprint density at radius 3 is 1.91 bits per heavy atom. The number of rotatable bonds is 11. The minimum absolute atomic E-state index is 0.0629. The van der Waals surface area contributed by atoms with Crippen LogP contribution in [-0.4, -0.2) is 13.1 Å². The van der Waals surface area contributed by atoms with Gasteiger partial charge >= 0.3 is 0 Å². The van der Waals surface area contributed by atoms with E-state index in [0.29, 0.717) is 24.4 Å². The highest BCUT2D eigenvalue weighted by molar-refractivity contribution is 5.56. The van der Waals surface area contributed by atoms with Crippen molar-refractivity contribution in [3.8, 4) is 0 Å². The number of nitrogen functional groups attached to an aromatic ring is 1. The highest BCUT2D eigenvalue weighted by Crippen LogP contribution is 2.34. The van der Waals surface area contributed by atoms with Gasteiger partial charge in [0.05, 0.1) is 0 Å². The molecule has 0 unspecified atom stereocenters. The molecular weight excluding hydrogens is 426 g/mol. The van der Waals surface area contributed by atoms with Gasteiger partial charge in [0.15, 0.2) is 11.6 Å². The van der Waals surface area contributed by atoms with Crippen LogP contribution in [0.25, 0.3) is 0 Å². The summed E-state index contributed by atoms with van der Waals surface area (Å²) in [6, 6.07) is 11.5. The first kappa shape index (κ1) is 26.5. The topological polar surface area (TPSA) is 29.3 Å². The van der Waals surface area contributed by atoms with Crippen LogP contribution in [0.3, 0.4) is 0 Å². The van der Waals surface area contributed by atoms with E-state index in [1.165, 1.54) is 74.6 Å². The molecule has 1 saturated heterocycles. The van der Waals surface area contributed by atoms with Crippen LogP contribution in [0, 0.1) is 17.0 Å². The number of unbranched alkanes of at least 4 members (excludes halogenated alkanes) is 6. The second kappa shape index (κ2) is 12.6. The molecule has 1 aliphatic rings. The quantitative estimate of drug-likeness (QED) is 0.263. The minimum Gasteiger partial charge on any atom is -0.399 e. The summed E-state index contributed by atoms with van der Waals surface area (Å²) in [5.41, 5.74) is 8.97. The lowest BCUT2D eigenvalue weighted by atomic mass is 9.88. The van der Waals surface area contributed by atoms with Crippen LogP contribution in [0.2, 0.25) is 0 Å². The second-order valence-corrected chi connectivity index (χ2v) is 11.4. The molecule has 34 heavy (non-hydrogen) atoms. The monoisotopic (exact) mass is 470 g/mol. The van der Waals surface area contributed by atoms with Gasteiger partial charge in [0.1, 0.15) is 5.69 Å². The average molecular weight is 471 g/mol. The molecule has 2 nitrogen and oxygen atoms in total. The molecule has 0 saturated carbocycles. The summed E-state index contributed by atoms with van der Waals surface area (Å²) in [5.74, 6) is -0.690. The molecule has 2 aromatic carbocycles. The Hall–Kier alpha value is -2.10. The number of piperidine rings is 1. The van der Waals surface area contributed by atoms with Gasteiger partial charge in [0.2, 0.25) is 0 Å². The van der Waals surface area contributed by atoms with E-state index >= 15 is 0 Å². The van der Waals surface area contributed by atoms with E-state index in [1.54, 1.807) is 0 Å². The zero-order valence-corrected chi connectivity index (χ0v) is 21.5. The summed E-state index contributed by atoms with van der Waals surface area (Å²) in [7, 11) is 0. The van der Waals surface area contributed by atoms with Gasteiger partial charge in [-0.1, -0.05) is 83.6 Å². The lowest BCUT2D eigenvalue weighted by molar-refractivity contribution is 0.356. The average Bonchev–Trinajstić information content (AvgIpc) is 2.77. The Balaban J connectivity index is 1.34. The predicted molar refractivity (Wildman–Crippen MR) is 141 cm³/mol. The van der Waals surface area contributed by atoms with Crippen molar-refractivity contribution in [2.45, 2.75) is 97.3 Å². The summed E-state index contributed by atoms with van der Waals surface area (Å²) < 4.78 is 28.5. The fourth-order valence-electron chi connectivity index (χ4n) is 5.15. The van der Waals surface area contributed by atoms with Crippen molar-refractivity contribution in [3.63, 3.8) is 0 Å². The van der Waals surface area contributed by atoms with E-state index in [9.17, 15) is 8.78 Å². The fraction of sp³-hybridized carbons (Fsp3) is 0.600. The number of hydrogen-bond acceptors (Lipinski definition) is 2. The van der Waals surface area contributed by atoms with Crippen LogP contribution >= 0.6 is 0 Å². The minimum atomic E-state index is -0.569. The van der Waals surface area contributed by atoms with E-state index in [4.69, 9.17) is 5.73 Å². The Bertz CT molecular complexity index is 855. The van der Waals surface area contributed by atoms with E-state index in [-0.39, 0.29) is 11.4 Å². The molecule has 1 heterocycles. The number of aryl methyl sites for hydroxylation is 1. The van der Waals surface area contributed by atoms with Crippen molar-refractivity contribution in [2.75, 3.05) is 23.7 Å². The van der Waals surface area contributed by atoms with Crippen molar-refractivity contribution in [1.82, 2.24) is 0 Å². The summed E-state index contributed by atoms with van der Waals surface area (Å²) in [4.78, 5) is 1.82. The zero-order chi connectivity index (χ0) is 24.6. The molecule has 0 amide bonds. The lowest BCUT2D eigenvalue weighted by Gasteiger charge is -2.34. The Labute approximate surface area is 205 Å². The summed E-state index contributed by atoms with van der Waals surface area (Å²) >= 11 is 0. The molecule has 0 atom stereocenters. The van der Waals surface area contributed by atoms with Gasteiger partial charge < -0.3 is 10.6 Å². The van der Waals surface area contributed by atoms with Crippen LogP contribution in [0.4, 0.5) is 20.2 Å². The van der Waals surface area contributed by atoms with Gasteiger partial charge in [-0.2, -0.15) is 0 Å². The Morgan fingerprint density at radius 2 is 1.35 bits per heavy atom. The largest absolute Gasteiger partial charge is 0.399 e. The Kier molecular flexibility index (Phi) is 9.79. The molecule has 2 aromatic rings. The maximum Gasteiger partial charge on any atom is 0.151 e. The molecule has 0 radical (unpaired) electrons. The molecular formula is C30H44F2N2. The molecule has 0 aromatic heterocycles. The van der Waals surface area contributed by atoms with Crippen LogP contribution in [0.5, 0.6) is 0 Å². The SMILES string of the molecule is CC(C)(C)CCCCCCCCCc1ccc(C2CCN(c3c(F)cc(N)cc3F)CC2)cc1. The first-order chi connectivity index (χ1) is 16.2. The highest BCUT2D eigenvalue weighted by Gasteiger charge is 2.25. The van der Waals surface area contributed by atoms with Crippen LogP contribution in [0.1, 0.15) is 102 Å². The molecule has 0 spiro atoms. The van der Waals surface area contributed by atoms with Crippen molar-refractivity contribution in [1.29, 1.82) is 0 Å². The maximum absolute atomic E-state index is 14.3. The zero-order valence-electron chi connectivity index (χ0n) is 21.5. The smallest absolute Gasteiger partial charge is 0.151 e. The third-order valence-electron chi connectivity index (χ3n) is 7.19. The van der Waals surface area contributed by atoms with Gasteiger partial charge in [-0.15, -0.1) is 0 Å². The van der Waals surface area contributed by atoms with Crippen molar-refractivity contribution >= 4 is 11.4 Å². The van der Waals surface area contributed by atoms with Crippen LogP contribution < -0.4 is 10.6 Å². The molecule has 2 N–H and O–H groups in total. The van der Waals surface area contributed by atoms with Gasteiger partial charge in [0.25, 0.3) is 0 Å². The van der Waals surface area contributed by atoms with Gasteiger partial charge in [-0.05, 0) is 66.7 Å². The molecule has 3 rings (SSSR count). The summed E-state index contributed by atoms with van der Waals surface area (Å²) in [5, 5.41) is 0. The van der Waals surface area contributed by atoms with Gasteiger partial charge in [-0.25, -0.2) is 8.78 Å². The number of nitrogens with zero attached hydrogens (tertiary/aromatic N) is 1. The first-order valence-electron chi connectivity index (χ1n) is 13.3. The normalized spacial score (nSPS) is 15.1. The maximum atomic E-state index is 14.3. The lowest BCUT2D eigenvalue weighted by Crippen LogP contribution is -2.34. The van der Waals surface area contributed by atoms with Gasteiger partial charge in [-0.3, -0.25) is 0 Å². The first-order valence-corrected chi connectivity index (χ1v) is 13.3. The third kappa shape index (κ3) is 8.29. The van der Waals surface area contributed by atoms with E-state index in [0.717, 1.165) is 19.3 Å². The number of anilines is 2. The van der Waals surface area contributed by atoms with E-state index < -0.39 is 11.6 Å². The molecule has 1 fully saturated rings. The van der Waals surface area contributed by atoms with Crippen molar-refractivity contribution in [3.05, 3.63) is 59.2 Å².